The smallest absolute Gasteiger partial charge is 0.381 e. The van der Waals surface area contributed by atoms with Crippen molar-refractivity contribution in [1.29, 1.82) is 0 Å². The van der Waals surface area contributed by atoms with Crippen molar-refractivity contribution >= 4 is 7.82 Å². The lowest BCUT2D eigenvalue weighted by Crippen LogP contribution is -1.98. The third kappa shape index (κ3) is 36.9. The fraction of sp³-hybridized carbons (Fsp3) is 1.00. The maximum atomic E-state index is 8.88. The van der Waals surface area contributed by atoms with Crippen molar-refractivity contribution in [2.45, 2.75) is 79.1 Å². The lowest BCUT2D eigenvalue weighted by Gasteiger charge is -2.06. The Bertz CT molecular complexity index is 239. The SMILES string of the molecule is CC(C)CCCCCOCCCCCC(C)C.O=P(O)(O)O. The third-order valence-electron chi connectivity index (χ3n) is 3.14. The maximum Gasteiger partial charge on any atom is 0.466 e. The Morgan fingerprint density at radius 2 is 1.05 bits per heavy atom. The molecule has 3 N–H and O–H groups in total. The molecule has 0 rings (SSSR count). The van der Waals surface area contributed by atoms with Gasteiger partial charge in [0.15, 0.2) is 0 Å². The predicted molar refractivity (Wildman–Crippen MR) is 91.7 cm³/mol. The van der Waals surface area contributed by atoms with Crippen LogP contribution in [0.1, 0.15) is 79.1 Å². The molecular weight excluding hydrogens is 303 g/mol. The van der Waals surface area contributed by atoms with Crippen LogP contribution in [-0.2, 0) is 9.30 Å². The molecule has 0 unspecified atom stereocenters. The van der Waals surface area contributed by atoms with E-state index in [-0.39, 0.29) is 0 Å². The number of hydrogen-bond donors (Lipinski definition) is 3. The molecular formula is C16H37O5P. The Labute approximate surface area is 136 Å². The average Bonchev–Trinajstić information content (AvgIpc) is 2.33. The molecule has 6 heteroatoms. The highest BCUT2D eigenvalue weighted by atomic mass is 31.2. The zero-order valence-corrected chi connectivity index (χ0v) is 15.7. The van der Waals surface area contributed by atoms with Crippen LogP contribution >= 0.6 is 7.82 Å². The molecule has 0 atom stereocenters. The van der Waals surface area contributed by atoms with Crippen molar-refractivity contribution in [3.8, 4) is 0 Å². The van der Waals surface area contributed by atoms with Gasteiger partial charge >= 0.3 is 7.82 Å². The van der Waals surface area contributed by atoms with Crippen molar-refractivity contribution in [2.75, 3.05) is 13.2 Å². The van der Waals surface area contributed by atoms with Crippen LogP contribution in [0.2, 0.25) is 0 Å². The average molecular weight is 340 g/mol. The molecule has 0 aliphatic carbocycles. The number of unbranched alkanes of at least 4 members (excludes halogenated alkanes) is 4. The summed E-state index contributed by atoms with van der Waals surface area (Å²) in [6, 6.07) is 0. The van der Waals surface area contributed by atoms with Gasteiger partial charge < -0.3 is 19.4 Å². The molecule has 136 valence electrons. The Morgan fingerprint density at radius 1 is 0.727 bits per heavy atom. The fourth-order valence-electron chi connectivity index (χ4n) is 1.97. The largest absolute Gasteiger partial charge is 0.466 e. The van der Waals surface area contributed by atoms with E-state index in [1.165, 1.54) is 51.4 Å². The summed E-state index contributed by atoms with van der Waals surface area (Å²) in [6.45, 7) is 11.1. The summed E-state index contributed by atoms with van der Waals surface area (Å²) in [5.74, 6) is 1.72. The van der Waals surface area contributed by atoms with E-state index < -0.39 is 7.82 Å². The maximum absolute atomic E-state index is 8.88. The molecule has 0 aliphatic rings. The number of ether oxygens (including phenoxy) is 1. The van der Waals surface area contributed by atoms with Crippen molar-refractivity contribution in [2.24, 2.45) is 11.8 Å². The topological polar surface area (TPSA) is 87.0 Å². The summed E-state index contributed by atoms with van der Waals surface area (Å²) in [4.78, 5) is 21.6. The van der Waals surface area contributed by atoms with E-state index in [0.717, 1.165) is 25.0 Å². The van der Waals surface area contributed by atoms with E-state index in [2.05, 4.69) is 27.7 Å². The first-order valence-corrected chi connectivity index (χ1v) is 10.1. The second-order valence-corrected chi connectivity index (χ2v) is 7.64. The molecule has 0 saturated carbocycles. The van der Waals surface area contributed by atoms with Gasteiger partial charge in [0.2, 0.25) is 0 Å². The molecule has 0 amide bonds. The van der Waals surface area contributed by atoms with Gasteiger partial charge in [0.1, 0.15) is 0 Å². The lowest BCUT2D eigenvalue weighted by molar-refractivity contribution is 0.125. The molecule has 0 radical (unpaired) electrons. The summed E-state index contributed by atoms with van der Waals surface area (Å²) in [6.07, 6.45) is 10.7. The van der Waals surface area contributed by atoms with Gasteiger partial charge in [-0.05, 0) is 24.7 Å². The van der Waals surface area contributed by atoms with E-state index in [4.69, 9.17) is 24.0 Å². The first-order chi connectivity index (χ1) is 10.1. The Balaban J connectivity index is 0. The molecule has 5 nitrogen and oxygen atoms in total. The van der Waals surface area contributed by atoms with Gasteiger partial charge in [-0.3, -0.25) is 0 Å². The Kier molecular flexibility index (Phi) is 17.6. The van der Waals surface area contributed by atoms with E-state index in [1.807, 2.05) is 0 Å². The number of hydrogen-bond acceptors (Lipinski definition) is 2. The summed E-state index contributed by atoms with van der Waals surface area (Å²) in [5.41, 5.74) is 0. The van der Waals surface area contributed by atoms with Gasteiger partial charge in [-0.2, -0.15) is 0 Å². The molecule has 0 fully saturated rings. The van der Waals surface area contributed by atoms with Crippen molar-refractivity contribution in [1.82, 2.24) is 0 Å². The first-order valence-electron chi connectivity index (χ1n) is 8.49. The molecule has 22 heavy (non-hydrogen) atoms. The molecule has 0 heterocycles. The van der Waals surface area contributed by atoms with Gasteiger partial charge in [0.25, 0.3) is 0 Å². The molecule has 0 aliphatic heterocycles. The van der Waals surface area contributed by atoms with Crippen molar-refractivity contribution in [3.63, 3.8) is 0 Å². The van der Waals surface area contributed by atoms with Gasteiger partial charge in [0, 0.05) is 13.2 Å². The molecule has 0 aromatic carbocycles. The minimum absolute atomic E-state index is 0.858. The lowest BCUT2D eigenvalue weighted by atomic mass is 10.1. The highest BCUT2D eigenvalue weighted by molar-refractivity contribution is 7.45. The second kappa shape index (κ2) is 15.9. The molecule has 0 aromatic heterocycles. The van der Waals surface area contributed by atoms with Crippen molar-refractivity contribution in [3.05, 3.63) is 0 Å². The molecule has 0 saturated heterocycles. The van der Waals surface area contributed by atoms with Crippen LogP contribution in [0.15, 0.2) is 0 Å². The molecule has 0 spiro atoms. The minimum atomic E-state index is -4.64. The van der Waals surface area contributed by atoms with Crippen LogP contribution in [-0.4, -0.2) is 27.9 Å². The normalized spacial score (nSPS) is 11.7. The summed E-state index contributed by atoms with van der Waals surface area (Å²) >= 11 is 0. The number of rotatable bonds is 12. The van der Waals surface area contributed by atoms with Gasteiger partial charge in [-0.15, -0.1) is 0 Å². The summed E-state index contributed by atoms with van der Waals surface area (Å²) < 4.78 is 14.5. The Morgan fingerprint density at radius 3 is 1.32 bits per heavy atom. The van der Waals surface area contributed by atoms with E-state index in [0.29, 0.717) is 0 Å². The van der Waals surface area contributed by atoms with Crippen LogP contribution in [0.3, 0.4) is 0 Å². The van der Waals surface area contributed by atoms with E-state index >= 15 is 0 Å². The monoisotopic (exact) mass is 340 g/mol. The van der Waals surface area contributed by atoms with Gasteiger partial charge in [-0.1, -0.05) is 66.2 Å². The van der Waals surface area contributed by atoms with Crippen LogP contribution in [0, 0.1) is 11.8 Å². The van der Waals surface area contributed by atoms with Gasteiger partial charge in [0.05, 0.1) is 0 Å². The second-order valence-electron chi connectivity index (χ2n) is 6.61. The summed E-state index contributed by atoms with van der Waals surface area (Å²) in [5, 5.41) is 0. The van der Waals surface area contributed by atoms with Crippen LogP contribution < -0.4 is 0 Å². The highest BCUT2D eigenvalue weighted by Gasteiger charge is 2.00. The minimum Gasteiger partial charge on any atom is -0.381 e. The molecule has 0 bridgehead atoms. The standard InChI is InChI=1S/C16H34O.H3O4P/c1-15(2)11-7-5-9-13-17-14-10-6-8-12-16(3)4;1-5(2,3)4/h15-16H,5-14H2,1-4H3;(H3,1,2,3,4). The first kappa shape index (κ1) is 24.3. The fourth-order valence-corrected chi connectivity index (χ4v) is 1.97. The van der Waals surface area contributed by atoms with E-state index in [9.17, 15) is 0 Å². The van der Waals surface area contributed by atoms with Gasteiger partial charge in [-0.25, -0.2) is 4.57 Å². The quantitative estimate of drug-likeness (QED) is 0.359. The predicted octanol–water partition coefficient (Wildman–Crippen LogP) is 4.51. The van der Waals surface area contributed by atoms with Crippen LogP contribution in [0.5, 0.6) is 0 Å². The van der Waals surface area contributed by atoms with Crippen molar-refractivity contribution < 1.29 is 24.0 Å². The molecule has 0 aromatic rings. The van der Waals surface area contributed by atoms with Crippen LogP contribution in [0.25, 0.3) is 0 Å². The summed E-state index contributed by atoms with van der Waals surface area (Å²) in [7, 11) is -4.64. The Hall–Kier alpha value is 0.0700. The highest BCUT2D eigenvalue weighted by Crippen LogP contribution is 2.25. The van der Waals surface area contributed by atoms with E-state index in [1.54, 1.807) is 0 Å². The van der Waals surface area contributed by atoms with Crippen LogP contribution in [0.4, 0.5) is 0 Å². The zero-order valence-electron chi connectivity index (χ0n) is 14.8. The third-order valence-corrected chi connectivity index (χ3v) is 3.14. The zero-order chi connectivity index (χ0) is 17.4. The number of phosphoric acid groups is 1.